The number of Topliss-reactive ketones (excluding diaryl/α,β-unsaturated/α-hetero) is 1. The molecular weight excluding hydrogens is 458 g/mol. The fourth-order valence-corrected chi connectivity index (χ4v) is 5.52. The van der Waals surface area contributed by atoms with Gasteiger partial charge in [-0.05, 0) is 55.0 Å². The molecular formula is C23H23N5O5S. The number of nitrogens with one attached hydrogen (secondary N) is 1. The van der Waals surface area contributed by atoms with Crippen molar-refractivity contribution < 1.29 is 23.9 Å². The number of nitrogens with zero attached hydrogens (tertiary/aromatic N) is 4. The monoisotopic (exact) mass is 481 g/mol. The standard InChI is InChI=1S/C23H23N5O5S/c1-32-5-6-33-17-8-15(7-16-21(30)28-22(31)34-16)26-19(27-17)14-11-23(12-14)9-13(10-23)18(29)20-24-3-2-4-25-20/h2-4,7-8,13-14H,5-6,9-12H2,1H3,(H,28,30,31)/b16-7+. The molecule has 1 aliphatic heterocycles. The van der Waals surface area contributed by atoms with Gasteiger partial charge in [0.05, 0.1) is 17.2 Å². The Morgan fingerprint density at radius 1 is 1.18 bits per heavy atom. The summed E-state index contributed by atoms with van der Waals surface area (Å²) >= 11 is 0.842. The van der Waals surface area contributed by atoms with Crippen molar-refractivity contribution in [3.05, 3.63) is 46.8 Å². The summed E-state index contributed by atoms with van der Waals surface area (Å²) in [7, 11) is 1.59. The van der Waals surface area contributed by atoms with Gasteiger partial charge in [-0.25, -0.2) is 15.0 Å². The topological polar surface area (TPSA) is 133 Å². The lowest BCUT2D eigenvalue weighted by Crippen LogP contribution is -2.49. The average molecular weight is 482 g/mol. The second-order valence-corrected chi connectivity index (χ2v) is 9.84. The van der Waals surface area contributed by atoms with E-state index in [0.29, 0.717) is 30.6 Å². The molecule has 3 fully saturated rings. The first-order valence-corrected chi connectivity index (χ1v) is 11.8. The highest BCUT2D eigenvalue weighted by Gasteiger charge is 2.56. The molecule has 10 nitrogen and oxygen atoms in total. The molecule has 2 saturated carbocycles. The van der Waals surface area contributed by atoms with Crippen LogP contribution in [-0.2, 0) is 9.53 Å². The van der Waals surface area contributed by atoms with Crippen LogP contribution in [0.15, 0.2) is 29.4 Å². The number of ketones is 1. The highest BCUT2D eigenvalue weighted by Crippen LogP contribution is 2.64. The molecule has 11 heteroatoms. The van der Waals surface area contributed by atoms with E-state index in [-0.39, 0.29) is 33.8 Å². The highest BCUT2D eigenvalue weighted by molar-refractivity contribution is 8.18. The zero-order valence-electron chi connectivity index (χ0n) is 18.5. The molecule has 2 aliphatic carbocycles. The number of hydrogen-bond acceptors (Lipinski definition) is 10. The van der Waals surface area contributed by atoms with E-state index < -0.39 is 11.1 Å². The first-order chi connectivity index (χ1) is 16.4. The van der Waals surface area contributed by atoms with Crippen molar-refractivity contribution >= 4 is 34.8 Å². The van der Waals surface area contributed by atoms with E-state index >= 15 is 0 Å². The summed E-state index contributed by atoms with van der Waals surface area (Å²) in [6, 6.07) is 3.34. The Morgan fingerprint density at radius 2 is 1.94 bits per heavy atom. The molecule has 0 aromatic carbocycles. The van der Waals surface area contributed by atoms with Crippen molar-refractivity contribution in [1.29, 1.82) is 0 Å². The third kappa shape index (κ3) is 4.58. The fraction of sp³-hybridized carbons (Fsp3) is 0.435. The van der Waals surface area contributed by atoms with Gasteiger partial charge in [-0.1, -0.05) is 0 Å². The molecule has 0 unspecified atom stereocenters. The molecule has 0 radical (unpaired) electrons. The number of imide groups is 1. The second kappa shape index (κ2) is 9.22. The van der Waals surface area contributed by atoms with E-state index in [9.17, 15) is 14.4 Å². The van der Waals surface area contributed by atoms with Gasteiger partial charge in [-0.2, -0.15) is 4.98 Å². The maximum absolute atomic E-state index is 12.6. The maximum Gasteiger partial charge on any atom is 0.290 e. The van der Waals surface area contributed by atoms with E-state index in [1.54, 1.807) is 37.7 Å². The maximum atomic E-state index is 12.6. The molecule has 3 aliphatic rings. The third-order valence-electron chi connectivity index (χ3n) is 6.44. The predicted octanol–water partition coefficient (Wildman–Crippen LogP) is 2.77. The number of amides is 2. The Balaban J connectivity index is 1.28. The lowest BCUT2D eigenvalue weighted by atomic mass is 9.47. The van der Waals surface area contributed by atoms with Crippen LogP contribution in [0.1, 0.15) is 53.7 Å². The largest absolute Gasteiger partial charge is 0.475 e. The van der Waals surface area contributed by atoms with Crippen LogP contribution in [0.2, 0.25) is 0 Å². The number of carbonyl (C=O) groups is 3. The third-order valence-corrected chi connectivity index (χ3v) is 7.25. The minimum atomic E-state index is -0.438. The van der Waals surface area contributed by atoms with Crippen LogP contribution in [0.4, 0.5) is 4.79 Å². The summed E-state index contributed by atoms with van der Waals surface area (Å²) in [6.07, 6.45) is 8.16. The van der Waals surface area contributed by atoms with E-state index in [4.69, 9.17) is 9.47 Å². The van der Waals surface area contributed by atoms with Crippen LogP contribution in [0.3, 0.4) is 0 Å². The van der Waals surface area contributed by atoms with E-state index in [2.05, 4.69) is 25.3 Å². The van der Waals surface area contributed by atoms with Crippen molar-refractivity contribution in [2.75, 3.05) is 20.3 Å². The predicted molar refractivity (Wildman–Crippen MR) is 122 cm³/mol. The van der Waals surface area contributed by atoms with E-state index in [0.717, 1.165) is 37.4 Å². The first-order valence-electron chi connectivity index (χ1n) is 11.0. The van der Waals surface area contributed by atoms with Gasteiger partial charge in [0, 0.05) is 37.4 Å². The highest BCUT2D eigenvalue weighted by atomic mass is 32.2. The van der Waals surface area contributed by atoms with Crippen LogP contribution >= 0.6 is 11.8 Å². The van der Waals surface area contributed by atoms with Crippen LogP contribution in [-0.4, -0.2) is 57.2 Å². The number of methoxy groups -OCH3 is 1. The number of aromatic nitrogens is 4. The number of rotatable bonds is 8. The van der Waals surface area contributed by atoms with Crippen LogP contribution in [0.5, 0.6) is 5.88 Å². The SMILES string of the molecule is COCCOc1cc(/C=C2/SC(=O)NC2=O)nc(C2CC3(CC(C(=O)c4ncccn4)C3)C2)n1. The quantitative estimate of drug-likeness (QED) is 0.341. The summed E-state index contributed by atoms with van der Waals surface area (Å²) in [4.78, 5) is 53.7. The van der Waals surface area contributed by atoms with Crippen LogP contribution in [0.25, 0.3) is 6.08 Å². The van der Waals surface area contributed by atoms with Gasteiger partial charge in [0.25, 0.3) is 11.1 Å². The molecule has 0 atom stereocenters. The van der Waals surface area contributed by atoms with E-state index in [1.807, 2.05) is 0 Å². The first kappa shape index (κ1) is 22.6. The Kier molecular flexibility index (Phi) is 6.13. The second-order valence-electron chi connectivity index (χ2n) is 8.83. The van der Waals surface area contributed by atoms with Gasteiger partial charge >= 0.3 is 0 Å². The van der Waals surface area contributed by atoms with Gasteiger partial charge < -0.3 is 9.47 Å². The zero-order chi connectivity index (χ0) is 23.7. The molecule has 5 rings (SSSR count). The fourth-order valence-electron chi connectivity index (χ4n) is 4.86. The molecule has 3 heterocycles. The molecule has 2 aromatic rings. The van der Waals surface area contributed by atoms with Gasteiger partial charge in [-0.15, -0.1) is 0 Å². The molecule has 2 aromatic heterocycles. The van der Waals surface area contributed by atoms with Crippen molar-refractivity contribution in [3.63, 3.8) is 0 Å². The Morgan fingerprint density at radius 3 is 2.62 bits per heavy atom. The smallest absolute Gasteiger partial charge is 0.290 e. The minimum Gasteiger partial charge on any atom is -0.475 e. The molecule has 1 saturated heterocycles. The number of ether oxygens (including phenoxy) is 2. The van der Waals surface area contributed by atoms with E-state index in [1.165, 1.54) is 0 Å². The molecule has 34 heavy (non-hydrogen) atoms. The number of thioether (sulfide) groups is 1. The molecule has 1 N–H and O–H groups in total. The van der Waals surface area contributed by atoms with Crippen LogP contribution < -0.4 is 10.1 Å². The van der Waals surface area contributed by atoms with Crippen molar-refractivity contribution in [2.24, 2.45) is 11.3 Å². The molecule has 2 amide bonds. The average Bonchev–Trinajstić information content (AvgIpc) is 3.09. The summed E-state index contributed by atoms with van der Waals surface area (Å²) in [5.41, 5.74) is 0.635. The lowest BCUT2D eigenvalue weighted by Gasteiger charge is -2.56. The summed E-state index contributed by atoms with van der Waals surface area (Å²) in [6.45, 7) is 0.742. The van der Waals surface area contributed by atoms with Gasteiger partial charge in [0.1, 0.15) is 12.4 Å². The van der Waals surface area contributed by atoms with Gasteiger partial charge in [-0.3, -0.25) is 19.7 Å². The summed E-state index contributed by atoms with van der Waals surface area (Å²) in [5, 5.41) is 1.84. The van der Waals surface area contributed by atoms with Crippen molar-refractivity contribution in [3.8, 4) is 5.88 Å². The molecule has 1 spiro atoms. The van der Waals surface area contributed by atoms with Gasteiger partial charge in [0.2, 0.25) is 11.7 Å². The summed E-state index contributed by atoms with van der Waals surface area (Å²) in [5.74, 6) is 0.994. The van der Waals surface area contributed by atoms with Gasteiger partial charge in [0.15, 0.2) is 5.82 Å². The van der Waals surface area contributed by atoms with Crippen molar-refractivity contribution in [1.82, 2.24) is 25.3 Å². The lowest BCUT2D eigenvalue weighted by molar-refractivity contribution is -0.115. The van der Waals surface area contributed by atoms with Crippen molar-refractivity contribution in [2.45, 2.75) is 31.6 Å². The molecule has 176 valence electrons. The number of hydrogen-bond donors (Lipinski definition) is 1. The molecule has 0 bridgehead atoms. The Hall–Kier alpha value is -3.18. The Bertz CT molecular complexity index is 1160. The minimum absolute atomic E-state index is 0.00950. The zero-order valence-corrected chi connectivity index (χ0v) is 19.3. The normalized spacial score (nSPS) is 26.8. The van der Waals surface area contributed by atoms with Crippen LogP contribution in [0, 0.1) is 11.3 Å². The number of carbonyl (C=O) groups excluding carboxylic acids is 3. The Labute approximate surface area is 200 Å². The summed E-state index contributed by atoms with van der Waals surface area (Å²) < 4.78 is 10.7.